The topological polar surface area (TPSA) is 58.4 Å². The van der Waals surface area contributed by atoms with Crippen LogP contribution in [-0.4, -0.2) is 41.5 Å². The van der Waals surface area contributed by atoms with Crippen molar-refractivity contribution in [1.82, 2.24) is 10.2 Å². The van der Waals surface area contributed by atoms with Crippen molar-refractivity contribution < 1.29 is 4.79 Å². The summed E-state index contributed by atoms with van der Waals surface area (Å²) in [5.74, 6) is 0.241. The number of nitrogens with two attached hydrogens (primary N) is 1. The average molecular weight is 251 g/mol. The Hall–Kier alpha value is -0.610. The largest absolute Gasteiger partial charge is 0.353 e. The van der Waals surface area contributed by atoms with Gasteiger partial charge in [0.1, 0.15) is 0 Å². The fraction of sp³-hybridized carbons (Fsp3) is 0.929. The molecule has 2 aliphatic heterocycles. The fourth-order valence-corrected chi connectivity index (χ4v) is 3.64. The summed E-state index contributed by atoms with van der Waals surface area (Å²) >= 11 is 0. The van der Waals surface area contributed by atoms with Crippen molar-refractivity contribution in [3.63, 3.8) is 0 Å². The molecule has 2 heterocycles. The van der Waals surface area contributed by atoms with E-state index in [9.17, 15) is 4.79 Å². The molecule has 4 nitrogen and oxygen atoms in total. The Morgan fingerprint density at radius 2 is 1.83 bits per heavy atom. The van der Waals surface area contributed by atoms with Crippen LogP contribution in [0.25, 0.3) is 0 Å². The summed E-state index contributed by atoms with van der Waals surface area (Å²) in [7, 11) is 0. The molecule has 2 bridgehead atoms. The molecule has 0 aromatic heterocycles. The Morgan fingerprint density at radius 3 is 2.44 bits per heavy atom. The first-order chi connectivity index (χ1) is 8.72. The molecular formula is C14H25N3O. The van der Waals surface area contributed by atoms with Crippen LogP contribution in [-0.2, 0) is 4.79 Å². The smallest absolute Gasteiger partial charge is 0.221 e. The molecule has 0 aromatic carbocycles. The molecule has 18 heavy (non-hydrogen) atoms. The van der Waals surface area contributed by atoms with Crippen LogP contribution in [0.15, 0.2) is 0 Å². The number of hydrogen-bond donors (Lipinski definition) is 2. The van der Waals surface area contributed by atoms with Gasteiger partial charge >= 0.3 is 0 Å². The maximum absolute atomic E-state index is 11.8. The molecule has 2 saturated heterocycles. The second kappa shape index (κ2) is 5.17. The third kappa shape index (κ3) is 2.86. The number of nitrogens with zero attached hydrogens (tertiary/aromatic N) is 1. The Balaban J connectivity index is 1.50. The molecule has 1 aliphatic carbocycles. The molecule has 1 saturated carbocycles. The third-order valence-electron chi connectivity index (χ3n) is 4.70. The summed E-state index contributed by atoms with van der Waals surface area (Å²) in [4.78, 5) is 14.3. The van der Waals surface area contributed by atoms with Crippen LogP contribution in [0.2, 0.25) is 0 Å². The highest BCUT2D eigenvalue weighted by atomic mass is 16.1. The Morgan fingerprint density at radius 1 is 1.17 bits per heavy atom. The van der Waals surface area contributed by atoms with Crippen LogP contribution in [0.4, 0.5) is 0 Å². The summed E-state index contributed by atoms with van der Waals surface area (Å²) in [6.07, 6.45) is 9.15. The average Bonchev–Trinajstić information content (AvgIpc) is 3.10. The minimum Gasteiger partial charge on any atom is -0.353 e. The number of carbonyl (C=O) groups excluding carboxylic acids is 1. The normalized spacial score (nSPS) is 36.4. The van der Waals surface area contributed by atoms with Gasteiger partial charge in [-0.3, -0.25) is 9.69 Å². The lowest BCUT2D eigenvalue weighted by atomic mass is 9.82. The first-order valence-corrected chi connectivity index (χ1v) is 7.53. The van der Waals surface area contributed by atoms with Crippen molar-refractivity contribution in [2.45, 2.75) is 75.5 Å². The molecule has 0 aromatic rings. The third-order valence-corrected chi connectivity index (χ3v) is 4.70. The number of carbonyl (C=O) groups is 1. The van der Waals surface area contributed by atoms with Gasteiger partial charge in [0.2, 0.25) is 5.91 Å². The molecule has 102 valence electrons. The molecule has 4 heteroatoms. The summed E-state index contributed by atoms with van der Waals surface area (Å²) in [6, 6.07) is 2.16. The van der Waals surface area contributed by atoms with Crippen molar-refractivity contribution in [1.29, 1.82) is 0 Å². The van der Waals surface area contributed by atoms with E-state index >= 15 is 0 Å². The van der Waals surface area contributed by atoms with E-state index in [0.29, 0.717) is 30.6 Å². The van der Waals surface area contributed by atoms with Gasteiger partial charge < -0.3 is 11.1 Å². The number of amides is 1. The lowest BCUT2D eigenvalue weighted by Crippen LogP contribution is -2.55. The van der Waals surface area contributed by atoms with Gasteiger partial charge in [-0.05, 0) is 38.5 Å². The number of piperidine rings is 2. The Labute approximate surface area is 109 Å². The SMILES string of the molecule is NC1CC2CCCC(C1)N2CCC(=O)NC1CC1. The van der Waals surface area contributed by atoms with E-state index in [0.717, 1.165) is 19.4 Å². The van der Waals surface area contributed by atoms with Crippen LogP contribution in [0.1, 0.15) is 51.4 Å². The quantitative estimate of drug-likeness (QED) is 0.783. The minimum absolute atomic E-state index is 0.241. The highest BCUT2D eigenvalue weighted by molar-refractivity contribution is 5.76. The van der Waals surface area contributed by atoms with Crippen LogP contribution in [0.3, 0.4) is 0 Å². The number of hydrogen-bond acceptors (Lipinski definition) is 3. The van der Waals surface area contributed by atoms with Crippen molar-refractivity contribution in [3.8, 4) is 0 Å². The van der Waals surface area contributed by atoms with E-state index in [2.05, 4.69) is 10.2 Å². The van der Waals surface area contributed by atoms with Crippen LogP contribution in [0, 0.1) is 0 Å². The summed E-state index contributed by atoms with van der Waals surface area (Å²) < 4.78 is 0. The van der Waals surface area contributed by atoms with Crippen LogP contribution >= 0.6 is 0 Å². The van der Waals surface area contributed by atoms with E-state index in [4.69, 9.17) is 5.73 Å². The van der Waals surface area contributed by atoms with Crippen molar-refractivity contribution in [3.05, 3.63) is 0 Å². The number of fused-ring (bicyclic) bond motifs is 2. The van der Waals surface area contributed by atoms with Crippen LogP contribution in [0.5, 0.6) is 0 Å². The predicted octanol–water partition coefficient (Wildman–Crippen LogP) is 0.999. The van der Waals surface area contributed by atoms with Gasteiger partial charge in [0.05, 0.1) is 0 Å². The predicted molar refractivity (Wildman–Crippen MR) is 71.1 cm³/mol. The zero-order valence-corrected chi connectivity index (χ0v) is 11.1. The molecule has 2 atom stereocenters. The van der Waals surface area contributed by atoms with Crippen molar-refractivity contribution >= 4 is 5.91 Å². The first kappa shape index (κ1) is 12.4. The van der Waals surface area contributed by atoms with E-state index in [-0.39, 0.29) is 5.91 Å². The number of rotatable bonds is 4. The van der Waals surface area contributed by atoms with Gasteiger partial charge in [-0.2, -0.15) is 0 Å². The molecule has 0 spiro atoms. The molecule has 3 rings (SSSR count). The summed E-state index contributed by atoms with van der Waals surface area (Å²) in [6.45, 7) is 0.931. The van der Waals surface area contributed by atoms with Gasteiger partial charge in [-0.15, -0.1) is 0 Å². The maximum atomic E-state index is 11.8. The molecule has 0 radical (unpaired) electrons. The second-order valence-corrected chi connectivity index (χ2v) is 6.30. The fourth-order valence-electron chi connectivity index (χ4n) is 3.64. The zero-order chi connectivity index (χ0) is 12.5. The first-order valence-electron chi connectivity index (χ1n) is 7.53. The van der Waals surface area contributed by atoms with Crippen molar-refractivity contribution in [2.24, 2.45) is 5.73 Å². The lowest BCUT2D eigenvalue weighted by Gasteiger charge is -2.48. The molecular weight excluding hydrogens is 226 g/mol. The van der Waals surface area contributed by atoms with Gasteiger partial charge in [0, 0.05) is 37.1 Å². The molecule has 1 amide bonds. The van der Waals surface area contributed by atoms with E-state index in [1.165, 1.54) is 32.1 Å². The van der Waals surface area contributed by atoms with E-state index < -0.39 is 0 Å². The summed E-state index contributed by atoms with van der Waals surface area (Å²) in [5.41, 5.74) is 6.11. The van der Waals surface area contributed by atoms with Crippen LogP contribution < -0.4 is 11.1 Å². The molecule has 2 unspecified atom stereocenters. The highest BCUT2D eigenvalue weighted by Crippen LogP contribution is 2.33. The highest BCUT2D eigenvalue weighted by Gasteiger charge is 2.36. The van der Waals surface area contributed by atoms with Crippen molar-refractivity contribution in [2.75, 3.05) is 6.54 Å². The number of nitrogens with one attached hydrogen (secondary N) is 1. The van der Waals surface area contributed by atoms with Gasteiger partial charge in [-0.25, -0.2) is 0 Å². The minimum atomic E-state index is 0.241. The second-order valence-electron chi connectivity index (χ2n) is 6.30. The lowest BCUT2D eigenvalue weighted by molar-refractivity contribution is -0.122. The molecule has 3 aliphatic rings. The van der Waals surface area contributed by atoms with Gasteiger partial charge in [0.15, 0.2) is 0 Å². The standard InChI is InChI=1S/C14H25N3O/c15-10-8-12-2-1-3-13(9-10)17(12)7-6-14(18)16-11-4-5-11/h10-13H,1-9,15H2,(H,16,18). The van der Waals surface area contributed by atoms with E-state index in [1.807, 2.05) is 0 Å². The van der Waals surface area contributed by atoms with Gasteiger partial charge in [0.25, 0.3) is 0 Å². The summed E-state index contributed by atoms with van der Waals surface area (Å²) in [5, 5.41) is 3.08. The maximum Gasteiger partial charge on any atom is 0.221 e. The van der Waals surface area contributed by atoms with Gasteiger partial charge in [-0.1, -0.05) is 6.42 Å². The Kier molecular flexibility index (Phi) is 3.57. The monoisotopic (exact) mass is 251 g/mol. The van der Waals surface area contributed by atoms with E-state index in [1.54, 1.807) is 0 Å². The molecule has 3 N–H and O–H groups in total. The zero-order valence-electron chi connectivity index (χ0n) is 11.1. The Bertz CT molecular complexity index is 302. The molecule has 3 fully saturated rings.